The number of fused-ring (bicyclic) bond motifs is 1. The Kier molecular flexibility index (Phi) is 6.20. The van der Waals surface area contributed by atoms with Gasteiger partial charge in [-0.25, -0.2) is 4.79 Å². The third-order valence-electron chi connectivity index (χ3n) is 6.07. The number of aliphatic hydroxyl groups excluding tert-OH is 1. The number of carbonyl (C=O) groups is 1. The number of likely N-dealkylation sites (tertiary alicyclic amines) is 1. The van der Waals surface area contributed by atoms with Gasteiger partial charge in [0.2, 0.25) is 0 Å². The Labute approximate surface area is 179 Å². The Morgan fingerprint density at radius 2 is 1.81 bits per heavy atom. The van der Waals surface area contributed by atoms with Crippen LogP contribution in [0, 0.1) is 0 Å². The summed E-state index contributed by atoms with van der Waals surface area (Å²) >= 11 is 0. The summed E-state index contributed by atoms with van der Waals surface area (Å²) in [5.41, 5.74) is 1.99. The molecule has 4 rings (SSSR count). The highest BCUT2D eigenvalue weighted by atomic mass is 19.4. The lowest BCUT2D eigenvalue weighted by atomic mass is 10.0. The lowest BCUT2D eigenvalue weighted by Crippen LogP contribution is -2.49. The van der Waals surface area contributed by atoms with E-state index in [2.05, 4.69) is 15.5 Å². The first-order chi connectivity index (χ1) is 14.8. The van der Waals surface area contributed by atoms with E-state index < -0.39 is 23.9 Å². The maximum atomic E-state index is 12.9. The summed E-state index contributed by atoms with van der Waals surface area (Å²) < 4.78 is 38.7. The Balaban J connectivity index is 1.26. The number of hydrogen-bond donors (Lipinski definition) is 3. The minimum absolute atomic E-state index is 0.00782. The number of nitrogens with zero attached hydrogens (tertiary/aromatic N) is 1. The van der Waals surface area contributed by atoms with Crippen molar-refractivity contribution in [3.05, 3.63) is 70.8 Å². The summed E-state index contributed by atoms with van der Waals surface area (Å²) in [6, 6.07) is 12.4. The van der Waals surface area contributed by atoms with Gasteiger partial charge in [0.15, 0.2) is 0 Å². The number of carbonyl (C=O) groups excluding carboxylic acids is 1. The van der Waals surface area contributed by atoms with Gasteiger partial charge in [0.1, 0.15) is 0 Å². The standard InChI is InChI=1S/C23H26F3N3O2/c24-23(25,26)17-6-3-4-15(12-17)14-29-10-8-18(9-11-29)27-22(31)28-21-19-7-2-1-5-16(19)13-20(21)30/h1-7,12,18,20-21,30H,8-11,13-14H2,(H2,27,28,31)/t20-,21+/m1/s1. The van der Waals surface area contributed by atoms with Gasteiger partial charge in [0.05, 0.1) is 17.7 Å². The first-order valence-electron chi connectivity index (χ1n) is 10.5. The summed E-state index contributed by atoms with van der Waals surface area (Å²) in [6.07, 6.45) is -3.02. The van der Waals surface area contributed by atoms with Crippen LogP contribution in [0.25, 0.3) is 0 Å². The van der Waals surface area contributed by atoms with E-state index in [1.165, 1.54) is 12.1 Å². The Hall–Kier alpha value is -2.58. The summed E-state index contributed by atoms with van der Waals surface area (Å²) in [6.45, 7) is 1.83. The van der Waals surface area contributed by atoms with Crippen LogP contribution in [-0.4, -0.2) is 41.3 Å². The second-order valence-electron chi connectivity index (χ2n) is 8.31. The maximum Gasteiger partial charge on any atom is 0.416 e. The molecule has 0 spiro atoms. The van der Waals surface area contributed by atoms with Gasteiger partial charge in [0, 0.05) is 32.1 Å². The average Bonchev–Trinajstić information content (AvgIpc) is 3.04. The smallest absolute Gasteiger partial charge is 0.390 e. The maximum absolute atomic E-state index is 12.9. The molecule has 1 aliphatic carbocycles. The number of benzene rings is 2. The molecule has 0 bridgehead atoms. The quantitative estimate of drug-likeness (QED) is 0.690. The number of rotatable bonds is 4. The van der Waals surface area contributed by atoms with Crippen LogP contribution in [0.3, 0.4) is 0 Å². The summed E-state index contributed by atoms with van der Waals surface area (Å²) in [5.74, 6) is 0. The van der Waals surface area contributed by atoms with Crippen LogP contribution in [0.2, 0.25) is 0 Å². The third kappa shape index (κ3) is 5.19. The number of amides is 2. The van der Waals surface area contributed by atoms with Crippen molar-refractivity contribution < 1.29 is 23.1 Å². The Bertz CT molecular complexity index is 926. The molecule has 2 aliphatic rings. The molecule has 0 saturated carbocycles. The lowest BCUT2D eigenvalue weighted by molar-refractivity contribution is -0.137. The summed E-state index contributed by atoms with van der Waals surface area (Å²) in [5, 5.41) is 16.1. The normalized spacial score (nSPS) is 22.2. The van der Waals surface area contributed by atoms with E-state index >= 15 is 0 Å². The van der Waals surface area contributed by atoms with E-state index in [9.17, 15) is 23.1 Å². The first kappa shape index (κ1) is 21.6. The Morgan fingerprint density at radius 1 is 1.06 bits per heavy atom. The van der Waals surface area contributed by atoms with Crippen molar-refractivity contribution in [2.75, 3.05) is 13.1 Å². The van der Waals surface area contributed by atoms with E-state index in [4.69, 9.17) is 0 Å². The van der Waals surface area contributed by atoms with Crippen molar-refractivity contribution in [2.45, 2.75) is 50.2 Å². The number of halogens is 3. The van der Waals surface area contributed by atoms with Crippen LogP contribution in [-0.2, 0) is 19.1 Å². The zero-order valence-electron chi connectivity index (χ0n) is 17.0. The fourth-order valence-corrected chi connectivity index (χ4v) is 4.46. The highest BCUT2D eigenvalue weighted by Crippen LogP contribution is 2.31. The van der Waals surface area contributed by atoms with Crippen molar-refractivity contribution in [3.8, 4) is 0 Å². The number of aliphatic hydroxyl groups is 1. The van der Waals surface area contributed by atoms with Crippen molar-refractivity contribution in [2.24, 2.45) is 0 Å². The lowest BCUT2D eigenvalue weighted by Gasteiger charge is -2.33. The van der Waals surface area contributed by atoms with Crippen LogP contribution < -0.4 is 10.6 Å². The molecule has 2 aromatic rings. The highest BCUT2D eigenvalue weighted by molar-refractivity contribution is 5.75. The number of piperidine rings is 1. The molecular weight excluding hydrogens is 407 g/mol. The second-order valence-corrected chi connectivity index (χ2v) is 8.31. The zero-order valence-corrected chi connectivity index (χ0v) is 17.0. The van der Waals surface area contributed by atoms with E-state index in [1.54, 1.807) is 6.07 Å². The minimum Gasteiger partial charge on any atom is -0.390 e. The van der Waals surface area contributed by atoms with E-state index in [0.29, 0.717) is 31.6 Å². The van der Waals surface area contributed by atoms with E-state index in [0.717, 1.165) is 30.0 Å². The monoisotopic (exact) mass is 433 g/mol. The second kappa shape index (κ2) is 8.88. The van der Waals surface area contributed by atoms with Crippen LogP contribution in [0.5, 0.6) is 0 Å². The molecule has 31 heavy (non-hydrogen) atoms. The molecule has 5 nitrogen and oxygen atoms in total. The van der Waals surface area contributed by atoms with Crippen molar-refractivity contribution in [1.82, 2.24) is 15.5 Å². The average molecular weight is 433 g/mol. The van der Waals surface area contributed by atoms with Gasteiger partial charge >= 0.3 is 12.2 Å². The van der Waals surface area contributed by atoms with Crippen LogP contribution >= 0.6 is 0 Å². The molecule has 3 N–H and O–H groups in total. The Morgan fingerprint density at radius 3 is 2.55 bits per heavy atom. The van der Waals surface area contributed by atoms with Crippen LogP contribution in [0.4, 0.5) is 18.0 Å². The van der Waals surface area contributed by atoms with Crippen LogP contribution in [0.1, 0.15) is 41.1 Å². The molecule has 2 amide bonds. The van der Waals surface area contributed by atoms with Crippen molar-refractivity contribution in [3.63, 3.8) is 0 Å². The minimum atomic E-state index is -4.34. The molecule has 0 unspecified atom stereocenters. The molecular formula is C23H26F3N3O2. The molecule has 8 heteroatoms. The molecule has 1 heterocycles. The molecule has 0 aromatic heterocycles. The van der Waals surface area contributed by atoms with Gasteiger partial charge < -0.3 is 15.7 Å². The number of urea groups is 1. The van der Waals surface area contributed by atoms with Crippen molar-refractivity contribution in [1.29, 1.82) is 0 Å². The summed E-state index contributed by atoms with van der Waals surface area (Å²) in [4.78, 5) is 14.6. The molecule has 0 radical (unpaired) electrons. The summed E-state index contributed by atoms with van der Waals surface area (Å²) in [7, 11) is 0. The largest absolute Gasteiger partial charge is 0.416 e. The van der Waals surface area contributed by atoms with Crippen LogP contribution in [0.15, 0.2) is 48.5 Å². The predicted octanol–water partition coefficient (Wildman–Crippen LogP) is 3.63. The molecule has 1 aliphatic heterocycles. The first-order valence-corrected chi connectivity index (χ1v) is 10.5. The van der Waals surface area contributed by atoms with Gasteiger partial charge in [-0.1, -0.05) is 42.5 Å². The predicted molar refractivity (Wildman–Crippen MR) is 110 cm³/mol. The molecule has 166 valence electrons. The molecule has 2 atom stereocenters. The van der Waals surface area contributed by atoms with Gasteiger partial charge in [-0.05, 0) is 35.6 Å². The number of alkyl halides is 3. The van der Waals surface area contributed by atoms with Crippen molar-refractivity contribution >= 4 is 6.03 Å². The topological polar surface area (TPSA) is 64.6 Å². The number of nitrogens with one attached hydrogen (secondary N) is 2. The fourth-order valence-electron chi connectivity index (χ4n) is 4.46. The zero-order chi connectivity index (χ0) is 22.0. The molecule has 2 aromatic carbocycles. The van der Waals surface area contributed by atoms with Gasteiger partial charge in [-0.15, -0.1) is 0 Å². The van der Waals surface area contributed by atoms with Gasteiger partial charge in [-0.3, -0.25) is 4.90 Å². The third-order valence-corrected chi connectivity index (χ3v) is 6.07. The van der Waals surface area contributed by atoms with Gasteiger partial charge in [0.25, 0.3) is 0 Å². The van der Waals surface area contributed by atoms with E-state index in [1.807, 2.05) is 24.3 Å². The number of hydrogen-bond acceptors (Lipinski definition) is 3. The fraction of sp³-hybridized carbons (Fsp3) is 0.435. The van der Waals surface area contributed by atoms with E-state index in [-0.39, 0.29) is 12.1 Å². The molecule has 1 fully saturated rings. The highest BCUT2D eigenvalue weighted by Gasteiger charge is 2.33. The van der Waals surface area contributed by atoms with Gasteiger partial charge in [-0.2, -0.15) is 13.2 Å². The molecule has 1 saturated heterocycles. The SMILES string of the molecule is O=C(NC1CCN(Cc2cccc(C(F)(F)F)c2)CC1)N[C@H]1c2ccccc2C[C@H]1O.